The third-order valence-corrected chi connectivity index (χ3v) is 6.35. The van der Waals surface area contributed by atoms with Crippen molar-refractivity contribution in [2.75, 3.05) is 37.7 Å². The van der Waals surface area contributed by atoms with Crippen LogP contribution in [0, 0.1) is 5.82 Å². The number of halogens is 2. The molecule has 1 aliphatic rings. The molecule has 2 atom stereocenters. The zero-order valence-corrected chi connectivity index (χ0v) is 20.2. The Hall–Kier alpha value is -2.97. The number of aliphatic hydroxyl groups excluding tert-OH is 1. The Morgan fingerprint density at radius 3 is 2.34 bits per heavy atom. The first-order valence-corrected chi connectivity index (χ1v) is 11.8. The number of benzene rings is 3. The highest BCUT2D eigenvalue weighted by Gasteiger charge is 2.37. The van der Waals surface area contributed by atoms with Gasteiger partial charge in [-0.25, -0.2) is 4.39 Å². The average Bonchev–Trinajstić information content (AvgIpc) is 2.83. The van der Waals surface area contributed by atoms with Gasteiger partial charge < -0.3 is 19.8 Å². The summed E-state index contributed by atoms with van der Waals surface area (Å²) in [6, 6.07) is 20.0. The molecule has 35 heavy (non-hydrogen) atoms. The number of hydrogen-bond acceptors (Lipinski definition) is 5. The predicted molar refractivity (Wildman–Crippen MR) is 133 cm³/mol. The fourth-order valence-electron chi connectivity index (χ4n) is 4.42. The molecule has 1 fully saturated rings. The van der Waals surface area contributed by atoms with Crippen LogP contribution in [0.3, 0.4) is 0 Å². The Balaban J connectivity index is 1.60. The minimum absolute atomic E-state index is 0.0808. The molecule has 1 amide bonds. The van der Waals surface area contributed by atoms with Gasteiger partial charge in [-0.1, -0.05) is 35.9 Å². The minimum atomic E-state index is -1.27. The van der Waals surface area contributed by atoms with Gasteiger partial charge in [0.2, 0.25) is 5.91 Å². The van der Waals surface area contributed by atoms with Gasteiger partial charge in [0.05, 0.1) is 24.8 Å². The van der Waals surface area contributed by atoms with E-state index in [1.165, 1.54) is 12.1 Å². The van der Waals surface area contributed by atoms with Crippen molar-refractivity contribution in [3.05, 3.63) is 94.8 Å². The van der Waals surface area contributed by atoms with Gasteiger partial charge in [0.25, 0.3) is 0 Å². The maximum atomic E-state index is 13.4. The molecule has 0 aliphatic carbocycles. The van der Waals surface area contributed by atoms with Gasteiger partial charge in [0.15, 0.2) is 0 Å². The lowest BCUT2D eigenvalue weighted by Crippen LogP contribution is -2.55. The number of carbonyl (C=O) groups is 1. The van der Waals surface area contributed by atoms with Crippen LogP contribution >= 0.6 is 11.6 Å². The number of amides is 1. The van der Waals surface area contributed by atoms with Gasteiger partial charge >= 0.3 is 0 Å². The Morgan fingerprint density at radius 1 is 1.06 bits per heavy atom. The van der Waals surface area contributed by atoms with Crippen LogP contribution in [0.2, 0.25) is 5.02 Å². The Labute approximate surface area is 209 Å². The van der Waals surface area contributed by atoms with Gasteiger partial charge in [-0.15, -0.1) is 0 Å². The molecule has 0 unspecified atom stereocenters. The van der Waals surface area contributed by atoms with E-state index in [1.807, 2.05) is 29.2 Å². The smallest absolute Gasteiger partial charge is 0.241 e. The number of anilines is 1. The van der Waals surface area contributed by atoms with Crippen LogP contribution in [0.25, 0.3) is 0 Å². The number of carbonyl (C=O) groups excluding carboxylic acids is 1. The molecule has 0 radical (unpaired) electrons. The van der Waals surface area contributed by atoms with E-state index < -0.39 is 5.60 Å². The first-order valence-electron chi connectivity index (χ1n) is 11.4. The summed E-state index contributed by atoms with van der Waals surface area (Å²) < 4.78 is 18.8. The molecule has 3 aromatic rings. The van der Waals surface area contributed by atoms with Crippen LogP contribution in [-0.2, 0) is 10.4 Å². The molecule has 6 nitrogen and oxygen atoms in total. The van der Waals surface area contributed by atoms with E-state index >= 15 is 0 Å². The Bertz CT molecular complexity index is 1140. The second-order valence-electron chi connectivity index (χ2n) is 8.85. The first-order chi connectivity index (χ1) is 16.8. The number of ether oxygens (including phenoxy) is 1. The molecule has 0 bridgehead atoms. The van der Waals surface area contributed by atoms with Gasteiger partial charge in [-0.2, -0.15) is 0 Å². The van der Waals surface area contributed by atoms with Gasteiger partial charge in [0.1, 0.15) is 18.2 Å². The molecule has 1 aliphatic heterocycles. The summed E-state index contributed by atoms with van der Waals surface area (Å²) in [5.41, 5.74) is 0.938. The van der Waals surface area contributed by atoms with Crippen LogP contribution in [-0.4, -0.2) is 53.9 Å². The van der Waals surface area contributed by atoms with Gasteiger partial charge in [-0.05, 0) is 66.6 Å². The lowest BCUT2D eigenvalue weighted by molar-refractivity contribution is -0.123. The van der Waals surface area contributed by atoms with Crippen molar-refractivity contribution in [2.45, 2.75) is 18.6 Å². The van der Waals surface area contributed by atoms with E-state index in [4.69, 9.17) is 21.4 Å². The van der Waals surface area contributed by atoms with E-state index in [2.05, 4.69) is 0 Å². The molecule has 0 aromatic heterocycles. The number of nitrogens with zero attached hydrogens (tertiary/aromatic N) is 2. The number of piperazine rings is 1. The molecule has 1 heterocycles. The molecule has 1 saturated heterocycles. The van der Waals surface area contributed by atoms with Crippen LogP contribution in [0.15, 0.2) is 72.8 Å². The second kappa shape index (κ2) is 10.7. The molecule has 0 spiro atoms. The molecule has 184 valence electrons. The summed E-state index contributed by atoms with van der Waals surface area (Å²) in [7, 11) is 0. The molecular formula is C27H28ClFN2O4. The van der Waals surface area contributed by atoms with E-state index in [0.717, 1.165) is 11.3 Å². The monoisotopic (exact) mass is 498 g/mol. The number of aliphatic hydroxyl groups is 2. The zero-order valence-electron chi connectivity index (χ0n) is 19.4. The topological polar surface area (TPSA) is 73.2 Å². The highest BCUT2D eigenvalue weighted by Crippen LogP contribution is 2.34. The maximum absolute atomic E-state index is 13.4. The second-order valence-corrected chi connectivity index (χ2v) is 9.28. The minimum Gasteiger partial charge on any atom is -0.491 e. The molecule has 4 rings (SSSR count). The van der Waals surface area contributed by atoms with E-state index in [0.29, 0.717) is 22.9 Å². The van der Waals surface area contributed by atoms with Crippen LogP contribution in [0.1, 0.15) is 24.1 Å². The predicted octanol–water partition coefficient (Wildman–Crippen LogP) is 4.15. The van der Waals surface area contributed by atoms with Crippen molar-refractivity contribution < 1.29 is 24.1 Å². The summed E-state index contributed by atoms with van der Waals surface area (Å²) in [6.07, 6.45) is 0. The molecule has 3 aromatic carbocycles. The maximum Gasteiger partial charge on any atom is 0.241 e. The van der Waals surface area contributed by atoms with Gasteiger partial charge in [-0.3, -0.25) is 9.69 Å². The Morgan fingerprint density at radius 2 is 1.71 bits per heavy atom. The lowest BCUT2D eigenvalue weighted by atomic mass is 9.93. The van der Waals surface area contributed by atoms with E-state index in [-0.39, 0.29) is 44.1 Å². The summed E-state index contributed by atoms with van der Waals surface area (Å²) >= 11 is 6.10. The quantitative estimate of drug-likeness (QED) is 0.488. The Kier molecular flexibility index (Phi) is 7.72. The standard InChI is InChI=1S/C27H28ClFN2O4/c1-27(34,20-4-8-22(29)9-5-20)18-30-16-25(19-2-6-21(28)7-3-19)31(26(33)17-30)23-10-12-24(13-11-23)35-15-14-32/h2-13,25,32,34H,14-18H2,1H3/t25-,27+/m0/s1. The SMILES string of the molecule is C[C@@](O)(CN1CC(=O)N(c2ccc(OCCO)cc2)[C@H](c2ccc(Cl)cc2)C1)c1ccc(F)cc1. The van der Waals surface area contributed by atoms with E-state index in [1.54, 1.807) is 48.2 Å². The molecule has 2 N–H and O–H groups in total. The van der Waals surface area contributed by atoms with Crippen molar-refractivity contribution in [3.8, 4) is 5.75 Å². The summed E-state index contributed by atoms with van der Waals surface area (Å²) in [6.45, 7) is 2.58. The highest BCUT2D eigenvalue weighted by atomic mass is 35.5. The third kappa shape index (κ3) is 6.00. The number of rotatable bonds is 8. The number of hydrogen-bond donors (Lipinski definition) is 2. The van der Waals surface area contributed by atoms with Crippen molar-refractivity contribution in [2.24, 2.45) is 0 Å². The fourth-order valence-corrected chi connectivity index (χ4v) is 4.54. The van der Waals surface area contributed by atoms with Crippen molar-refractivity contribution in [1.82, 2.24) is 4.90 Å². The van der Waals surface area contributed by atoms with Crippen LogP contribution in [0.5, 0.6) is 5.75 Å². The molecule has 0 saturated carbocycles. The first kappa shape index (κ1) is 25.1. The fraction of sp³-hybridized carbons (Fsp3) is 0.296. The van der Waals surface area contributed by atoms with Crippen LogP contribution in [0.4, 0.5) is 10.1 Å². The third-order valence-electron chi connectivity index (χ3n) is 6.10. The number of β-amino-alcohol motifs (C(OH)–C–C–N with tert-alkyl or cyclic N) is 1. The average molecular weight is 499 g/mol. The lowest BCUT2D eigenvalue weighted by Gasteiger charge is -2.43. The van der Waals surface area contributed by atoms with E-state index in [9.17, 15) is 14.3 Å². The van der Waals surface area contributed by atoms with Crippen LogP contribution < -0.4 is 9.64 Å². The summed E-state index contributed by atoms with van der Waals surface area (Å²) in [5.74, 6) is 0.117. The van der Waals surface area contributed by atoms with Crippen molar-refractivity contribution >= 4 is 23.2 Å². The van der Waals surface area contributed by atoms with Crippen molar-refractivity contribution in [3.63, 3.8) is 0 Å². The normalized spacial score (nSPS) is 18.4. The van der Waals surface area contributed by atoms with Gasteiger partial charge in [0, 0.05) is 23.8 Å². The molecular weight excluding hydrogens is 471 g/mol. The summed E-state index contributed by atoms with van der Waals surface area (Å²) in [5, 5.41) is 20.7. The summed E-state index contributed by atoms with van der Waals surface area (Å²) in [4.78, 5) is 17.1. The van der Waals surface area contributed by atoms with Crippen molar-refractivity contribution in [1.29, 1.82) is 0 Å². The zero-order chi connectivity index (χ0) is 25.0. The largest absolute Gasteiger partial charge is 0.491 e. The highest BCUT2D eigenvalue weighted by molar-refractivity contribution is 6.30. The molecule has 8 heteroatoms.